The van der Waals surface area contributed by atoms with Gasteiger partial charge in [0.2, 0.25) is 0 Å². The molecule has 140 valence electrons. The van der Waals surface area contributed by atoms with E-state index >= 15 is 0 Å². The number of methoxy groups -OCH3 is 1. The molecule has 0 aromatic heterocycles. The van der Waals surface area contributed by atoms with Gasteiger partial charge >= 0.3 is 23.9 Å². The average Bonchev–Trinajstić information content (AvgIpc) is 2.48. The lowest BCUT2D eigenvalue weighted by molar-refractivity contribution is -0.196. The third-order valence-corrected chi connectivity index (χ3v) is 2.74. The Balaban J connectivity index is 5.82. The molecule has 0 N–H and O–H groups in total. The second kappa shape index (κ2) is 11.0. The van der Waals surface area contributed by atoms with Gasteiger partial charge in [0.25, 0.3) is 0 Å². The van der Waals surface area contributed by atoms with Crippen LogP contribution in [-0.2, 0) is 42.9 Å². The molecule has 10 heteroatoms. The predicted octanol–water partition coefficient (Wildman–Crippen LogP) is -0.117. The summed E-state index contributed by atoms with van der Waals surface area (Å²) in [6, 6.07) is 1.74. The Labute approximate surface area is 144 Å². The topological polar surface area (TPSA) is 138 Å². The molecule has 0 saturated carbocycles. The molecule has 0 radical (unpaired) electrons. The summed E-state index contributed by atoms with van der Waals surface area (Å²) in [5.74, 6) is -3.02. The lowest BCUT2D eigenvalue weighted by Gasteiger charge is -2.33. The first-order chi connectivity index (χ1) is 11.6. The quantitative estimate of drug-likeness (QED) is 0.404. The first kappa shape index (κ1) is 22.3. The van der Waals surface area contributed by atoms with E-state index in [-0.39, 0.29) is 0 Å². The Hall–Kier alpha value is -2.67. The SMILES string of the molecule is COC(C#N)C(OC(C)=O)C(OC(C)=O)C(COC(C)=O)OC(C)=O. The van der Waals surface area contributed by atoms with Gasteiger partial charge in [-0.15, -0.1) is 0 Å². The summed E-state index contributed by atoms with van der Waals surface area (Å²) < 4.78 is 24.9. The van der Waals surface area contributed by atoms with Gasteiger partial charge in [-0.25, -0.2) is 0 Å². The van der Waals surface area contributed by atoms with E-state index in [1.807, 2.05) is 0 Å². The number of hydrogen-bond acceptors (Lipinski definition) is 10. The minimum absolute atomic E-state index is 0.480. The maximum absolute atomic E-state index is 11.4. The Morgan fingerprint density at radius 1 is 0.840 bits per heavy atom. The zero-order valence-electron chi connectivity index (χ0n) is 14.6. The van der Waals surface area contributed by atoms with E-state index in [9.17, 15) is 24.4 Å². The first-order valence-corrected chi connectivity index (χ1v) is 7.19. The summed E-state index contributed by atoms with van der Waals surface area (Å²) >= 11 is 0. The highest BCUT2D eigenvalue weighted by Gasteiger charge is 2.42. The fourth-order valence-corrected chi connectivity index (χ4v) is 1.91. The number of ether oxygens (including phenoxy) is 5. The van der Waals surface area contributed by atoms with Crippen molar-refractivity contribution in [1.82, 2.24) is 0 Å². The van der Waals surface area contributed by atoms with Gasteiger partial charge in [-0.1, -0.05) is 0 Å². The Bertz CT molecular complexity index is 540. The van der Waals surface area contributed by atoms with Crippen LogP contribution in [0.4, 0.5) is 0 Å². The molecule has 0 spiro atoms. The van der Waals surface area contributed by atoms with Crippen molar-refractivity contribution in [2.24, 2.45) is 0 Å². The molecule has 0 aliphatic rings. The lowest BCUT2D eigenvalue weighted by atomic mass is 10.0. The summed E-state index contributed by atoms with van der Waals surface area (Å²) in [5.41, 5.74) is 0. The van der Waals surface area contributed by atoms with E-state index in [1.165, 1.54) is 7.11 Å². The molecule has 10 nitrogen and oxygen atoms in total. The number of carbonyl (C=O) groups is 4. The maximum atomic E-state index is 11.4. The second-order valence-corrected chi connectivity index (χ2v) is 4.88. The van der Waals surface area contributed by atoms with Crippen LogP contribution < -0.4 is 0 Å². The van der Waals surface area contributed by atoms with Gasteiger partial charge < -0.3 is 23.7 Å². The third kappa shape index (κ3) is 8.66. The van der Waals surface area contributed by atoms with Crippen LogP contribution in [0.3, 0.4) is 0 Å². The van der Waals surface area contributed by atoms with Crippen molar-refractivity contribution in [1.29, 1.82) is 5.26 Å². The predicted molar refractivity (Wildman–Crippen MR) is 79.7 cm³/mol. The normalized spacial score (nSPS) is 14.9. The summed E-state index contributed by atoms with van der Waals surface area (Å²) in [5, 5.41) is 9.17. The van der Waals surface area contributed by atoms with E-state index in [0.717, 1.165) is 27.7 Å². The van der Waals surface area contributed by atoms with Crippen molar-refractivity contribution < 1.29 is 42.9 Å². The van der Waals surface area contributed by atoms with Gasteiger partial charge in [0.1, 0.15) is 6.61 Å². The van der Waals surface area contributed by atoms with E-state index in [1.54, 1.807) is 6.07 Å². The number of nitriles is 1. The molecule has 0 aromatic rings. The van der Waals surface area contributed by atoms with Crippen LogP contribution in [0.15, 0.2) is 0 Å². The van der Waals surface area contributed by atoms with E-state index in [4.69, 9.17) is 23.7 Å². The molecule has 0 aliphatic heterocycles. The monoisotopic (exact) mass is 359 g/mol. The maximum Gasteiger partial charge on any atom is 0.303 e. The van der Waals surface area contributed by atoms with Gasteiger partial charge in [0.15, 0.2) is 24.4 Å². The van der Waals surface area contributed by atoms with E-state index in [2.05, 4.69) is 0 Å². The smallest absolute Gasteiger partial charge is 0.303 e. The van der Waals surface area contributed by atoms with E-state index < -0.39 is 54.9 Å². The van der Waals surface area contributed by atoms with Crippen molar-refractivity contribution in [3.05, 3.63) is 0 Å². The summed E-state index contributed by atoms with van der Waals surface area (Å²) in [4.78, 5) is 45.2. The van der Waals surface area contributed by atoms with Crippen LogP contribution in [0, 0.1) is 11.3 Å². The zero-order valence-corrected chi connectivity index (χ0v) is 14.6. The standard InChI is InChI=1S/C15H21NO9/c1-8(17)22-7-13(23-9(2)18)15(25-11(4)20)14(24-10(3)19)12(6-16)21-5/h12-15H,7H2,1-5H3. The van der Waals surface area contributed by atoms with Crippen LogP contribution in [0.25, 0.3) is 0 Å². The van der Waals surface area contributed by atoms with Crippen LogP contribution in [0.1, 0.15) is 27.7 Å². The van der Waals surface area contributed by atoms with Gasteiger partial charge in [0.05, 0.1) is 6.07 Å². The molecule has 25 heavy (non-hydrogen) atoms. The fraction of sp³-hybridized carbons (Fsp3) is 0.667. The molecule has 4 atom stereocenters. The molecule has 0 amide bonds. The van der Waals surface area contributed by atoms with Crippen molar-refractivity contribution in [2.75, 3.05) is 13.7 Å². The fourth-order valence-electron chi connectivity index (χ4n) is 1.91. The summed E-state index contributed by atoms with van der Waals surface area (Å²) in [6.07, 6.45) is -5.50. The van der Waals surface area contributed by atoms with Crippen LogP contribution >= 0.6 is 0 Å². The van der Waals surface area contributed by atoms with Crippen LogP contribution in [-0.4, -0.2) is 62.0 Å². The summed E-state index contributed by atoms with van der Waals surface area (Å²) in [6.45, 7) is 3.89. The highest BCUT2D eigenvalue weighted by molar-refractivity contribution is 5.68. The van der Waals surface area contributed by atoms with Gasteiger partial charge in [-0.05, 0) is 0 Å². The molecule has 0 rings (SSSR count). The number of rotatable bonds is 9. The van der Waals surface area contributed by atoms with Crippen LogP contribution in [0.2, 0.25) is 0 Å². The molecule has 0 bridgehead atoms. The number of nitrogens with zero attached hydrogens (tertiary/aromatic N) is 1. The highest BCUT2D eigenvalue weighted by Crippen LogP contribution is 2.19. The Morgan fingerprint density at radius 3 is 1.68 bits per heavy atom. The van der Waals surface area contributed by atoms with Gasteiger partial charge in [-0.3, -0.25) is 19.2 Å². The van der Waals surface area contributed by atoms with Crippen molar-refractivity contribution in [2.45, 2.75) is 52.1 Å². The number of esters is 4. The van der Waals surface area contributed by atoms with Crippen LogP contribution in [0.5, 0.6) is 0 Å². The van der Waals surface area contributed by atoms with Crippen molar-refractivity contribution in [3.63, 3.8) is 0 Å². The Kier molecular flexibility index (Phi) is 9.81. The minimum Gasteiger partial charge on any atom is -0.462 e. The molecule has 0 saturated heterocycles. The zero-order chi connectivity index (χ0) is 19.6. The molecular formula is C15H21NO9. The van der Waals surface area contributed by atoms with Crippen molar-refractivity contribution >= 4 is 23.9 Å². The summed E-state index contributed by atoms with van der Waals surface area (Å²) in [7, 11) is 1.18. The number of carbonyl (C=O) groups excluding carboxylic acids is 4. The lowest BCUT2D eigenvalue weighted by Crippen LogP contribution is -2.52. The minimum atomic E-state index is -1.44. The largest absolute Gasteiger partial charge is 0.462 e. The first-order valence-electron chi connectivity index (χ1n) is 7.19. The molecule has 0 fully saturated rings. The average molecular weight is 359 g/mol. The molecule has 0 aromatic carbocycles. The molecule has 0 aliphatic carbocycles. The third-order valence-electron chi connectivity index (χ3n) is 2.74. The number of hydrogen-bond donors (Lipinski definition) is 0. The molecule has 4 unspecified atom stereocenters. The van der Waals surface area contributed by atoms with E-state index in [0.29, 0.717) is 0 Å². The van der Waals surface area contributed by atoms with Crippen molar-refractivity contribution in [3.8, 4) is 6.07 Å². The second-order valence-electron chi connectivity index (χ2n) is 4.88. The van der Waals surface area contributed by atoms with Gasteiger partial charge in [0, 0.05) is 34.8 Å². The molecule has 0 heterocycles. The highest BCUT2D eigenvalue weighted by atomic mass is 16.6. The molecular weight excluding hydrogens is 338 g/mol. The van der Waals surface area contributed by atoms with Gasteiger partial charge in [-0.2, -0.15) is 5.26 Å². The Morgan fingerprint density at radius 2 is 1.32 bits per heavy atom.